The molecule has 2 fully saturated rings. The molecule has 1 aliphatic carbocycles. The number of ether oxygens (including phenoxy) is 2. The van der Waals surface area contributed by atoms with Crippen LogP contribution < -0.4 is 9.47 Å². The van der Waals surface area contributed by atoms with E-state index in [-0.39, 0.29) is 0 Å². The minimum Gasteiger partial charge on any atom is -0.493 e. The van der Waals surface area contributed by atoms with E-state index in [1.807, 2.05) is 6.07 Å². The van der Waals surface area contributed by atoms with E-state index in [4.69, 9.17) is 9.47 Å². The van der Waals surface area contributed by atoms with Gasteiger partial charge in [0.25, 0.3) is 0 Å². The first-order valence-corrected chi connectivity index (χ1v) is 10.7. The van der Waals surface area contributed by atoms with Gasteiger partial charge in [0.1, 0.15) is 0 Å². The Morgan fingerprint density at radius 1 is 1.00 bits per heavy atom. The summed E-state index contributed by atoms with van der Waals surface area (Å²) < 4.78 is 10.8. The summed E-state index contributed by atoms with van der Waals surface area (Å²) in [4.78, 5) is 15.2. The Balaban J connectivity index is 1.57. The van der Waals surface area contributed by atoms with Crippen molar-refractivity contribution in [2.45, 2.75) is 76.7 Å². The molecule has 1 atom stereocenters. The van der Waals surface area contributed by atoms with Crippen LogP contribution in [0.5, 0.6) is 11.5 Å². The van der Waals surface area contributed by atoms with Gasteiger partial charge in [0.15, 0.2) is 11.5 Å². The van der Waals surface area contributed by atoms with Crippen molar-refractivity contribution in [3.8, 4) is 11.5 Å². The molecule has 1 saturated carbocycles. The van der Waals surface area contributed by atoms with Gasteiger partial charge in [0, 0.05) is 19.0 Å². The van der Waals surface area contributed by atoms with E-state index < -0.39 is 0 Å². The minimum atomic E-state index is 0.392. The summed E-state index contributed by atoms with van der Waals surface area (Å²) in [6.45, 7) is 0.947. The number of carbonyl (C=O) groups is 1. The molecule has 150 valence electrons. The quantitative estimate of drug-likeness (QED) is 0.676. The third kappa shape index (κ3) is 5.40. The van der Waals surface area contributed by atoms with Gasteiger partial charge in [0.05, 0.1) is 14.2 Å². The third-order valence-corrected chi connectivity index (χ3v) is 6.35. The average molecular weight is 374 g/mol. The average Bonchev–Trinajstić information content (AvgIpc) is 2.73. The molecule has 4 nitrogen and oxygen atoms in total. The monoisotopic (exact) mass is 373 g/mol. The molecular weight excluding hydrogens is 338 g/mol. The molecule has 1 aliphatic heterocycles. The molecule has 3 rings (SSSR count). The number of rotatable bonds is 7. The number of piperidine rings is 1. The smallest absolute Gasteiger partial charge is 0.223 e. The molecule has 4 heteroatoms. The van der Waals surface area contributed by atoms with Crippen molar-refractivity contribution < 1.29 is 14.3 Å². The number of methoxy groups -OCH3 is 2. The number of aryl methyl sites for hydroxylation is 1. The molecule has 1 saturated heterocycles. The van der Waals surface area contributed by atoms with Crippen LogP contribution in [0.2, 0.25) is 0 Å². The highest BCUT2D eigenvalue weighted by atomic mass is 16.5. The number of carbonyl (C=O) groups excluding carboxylic acids is 1. The van der Waals surface area contributed by atoms with Crippen LogP contribution >= 0.6 is 0 Å². The van der Waals surface area contributed by atoms with Gasteiger partial charge in [0.2, 0.25) is 5.91 Å². The van der Waals surface area contributed by atoms with Gasteiger partial charge in [-0.1, -0.05) is 25.3 Å². The third-order valence-electron chi connectivity index (χ3n) is 6.35. The molecule has 1 amide bonds. The highest BCUT2D eigenvalue weighted by Gasteiger charge is 2.28. The van der Waals surface area contributed by atoms with Crippen molar-refractivity contribution in [1.29, 1.82) is 0 Å². The Bertz CT molecular complexity index is 610. The molecule has 0 spiro atoms. The zero-order valence-electron chi connectivity index (χ0n) is 17.0. The molecule has 27 heavy (non-hydrogen) atoms. The summed E-state index contributed by atoms with van der Waals surface area (Å²) in [7, 11) is 3.34. The normalized spacial score (nSPS) is 21.1. The molecule has 1 heterocycles. The molecule has 1 unspecified atom stereocenters. The fourth-order valence-corrected chi connectivity index (χ4v) is 4.75. The van der Waals surface area contributed by atoms with Crippen LogP contribution in [-0.4, -0.2) is 37.6 Å². The lowest BCUT2D eigenvalue weighted by Crippen LogP contribution is -2.44. The lowest BCUT2D eigenvalue weighted by atomic mass is 9.86. The number of amides is 1. The summed E-state index contributed by atoms with van der Waals surface area (Å²) in [5, 5.41) is 0. The first-order valence-electron chi connectivity index (χ1n) is 10.7. The fourth-order valence-electron chi connectivity index (χ4n) is 4.75. The second kappa shape index (κ2) is 10.0. The second-order valence-corrected chi connectivity index (χ2v) is 8.17. The predicted molar refractivity (Wildman–Crippen MR) is 108 cm³/mol. The summed E-state index contributed by atoms with van der Waals surface area (Å²) >= 11 is 0. The van der Waals surface area contributed by atoms with Gasteiger partial charge in [-0.3, -0.25) is 4.79 Å². The number of likely N-dealkylation sites (tertiary alicyclic amines) is 1. The largest absolute Gasteiger partial charge is 0.493 e. The van der Waals surface area contributed by atoms with Crippen LogP contribution in [0.3, 0.4) is 0 Å². The topological polar surface area (TPSA) is 38.8 Å². The van der Waals surface area contributed by atoms with Crippen molar-refractivity contribution in [3.05, 3.63) is 23.8 Å². The first-order chi connectivity index (χ1) is 13.2. The number of benzene rings is 1. The molecular formula is C23H35NO3. The summed E-state index contributed by atoms with van der Waals surface area (Å²) in [6.07, 6.45) is 12.8. The van der Waals surface area contributed by atoms with Gasteiger partial charge in [-0.05, 0) is 68.6 Å². The predicted octanol–water partition coefficient (Wildman–Crippen LogP) is 4.99. The van der Waals surface area contributed by atoms with Crippen LogP contribution in [0, 0.1) is 5.92 Å². The fraction of sp³-hybridized carbons (Fsp3) is 0.696. The van der Waals surface area contributed by atoms with E-state index in [0.717, 1.165) is 50.1 Å². The molecule has 0 radical (unpaired) electrons. The van der Waals surface area contributed by atoms with Crippen molar-refractivity contribution >= 4 is 5.91 Å². The summed E-state index contributed by atoms with van der Waals surface area (Å²) in [5.41, 5.74) is 1.25. The van der Waals surface area contributed by atoms with E-state index in [0.29, 0.717) is 17.9 Å². The summed E-state index contributed by atoms with van der Waals surface area (Å²) in [6, 6.07) is 6.54. The Morgan fingerprint density at radius 2 is 1.74 bits per heavy atom. The second-order valence-electron chi connectivity index (χ2n) is 8.17. The minimum absolute atomic E-state index is 0.392. The van der Waals surface area contributed by atoms with Gasteiger partial charge >= 0.3 is 0 Å². The lowest BCUT2D eigenvalue weighted by molar-refractivity contribution is -0.136. The van der Waals surface area contributed by atoms with E-state index in [1.165, 1.54) is 44.1 Å². The Labute approximate surface area is 164 Å². The van der Waals surface area contributed by atoms with Crippen molar-refractivity contribution in [2.75, 3.05) is 20.8 Å². The zero-order valence-corrected chi connectivity index (χ0v) is 17.0. The standard InChI is InChI=1S/C23H35NO3/c1-26-21-14-12-19(16-22(21)27-2)11-13-20-10-6-7-15-24(20)23(25)17-18-8-4-3-5-9-18/h12,14,16,18,20H,3-11,13,15,17H2,1-2H3. The highest BCUT2D eigenvalue weighted by molar-refractivity contribution is 5.77. The number of hydrogen-bond donors (Lipinski definition) is 0. The molecule has 0 aromatic heterocycles. The Hall–Kier alpha value is -1.71. The van der Waals surface area contributed by atoms with Crippen LogP contribution in [0.4, 0.5) is 0 Å². The van der Waals surface area contributed by atoms with E-state index >= 15 is 0 Å². The van der Waals surface area contributed by atoms with E-state index in [1.54, 1.807) is 14.2 Å². The van der Waals surface area contributed by atoms with E-state index in [9.17, 15) is 4.79 Å². The maximum atomic E-state index is 13.0. The molecule has 0 N–H and O–H groups in total. The van der Waals surface area contributed by atoms with Gasteiger partial charge in [-0.15, -0.1) is 0 Å². The van der Waals surface area contributed by atoms with Crippen LogP contribution in [0.1, 0.15) is 69.8 Å². The Morgan fingerprint density at radius 3 is 2.48 bits per heavy atom. The molecule has 1 aromatic carbocycles. The van der Waals surface area contributed by atoms with Gasteiger partial charge in [-0.2, -0.15) is 0 Å². The first kappa shape index (κ1) is 20.0. The van der Waals surface area contributed by atoms with Crippen molar-refractivity contribution in [2.24, 2.45) is 5.92 Å². The maximum absolute atomic E-state index is 13.0. The van der Waals surface area contributed by atoms with Gasteiger partial charge in [-0.25, -0.2) is 0 Å². The number of hydrogen-bond acceptors (Lipinski definition) is 3. The molecule has 1 aromatic rings. The lowest BCUT2D eigenvalue weighted by Gasteiger charge is -2.37. The van der Waals surface area contributed by atoms with E-state index in [2.05, 4.69) is 17.0 Å². The summed E-state index contributed by atoms with van der Waals surface area (Å²) in [5.74, 6) is 2.57. The van der Waals surface area contributed by atoms with Crippen molar-refractivity contribution in [3.63, 3.8) is 0 Å². The van der Waals surface area contributed by atoms with Crippen LogP contribution in [0.15, 0.2) is 18.2 Å². The van der Waals surface area contributed by atoms with Crippen molar-refractivity contribution in [1.82, 2.24) is 4.90 Å². The molecule has 2 aliphatic rings. The number of nitrogens with zero attached hydrogens (tertiary/aromatic N) is 1. The SMILES string of the molecule is COc1ccc(CCC2CCCCN2C(=O)CC2CCCCC2)cc1OC. The van der Waals surface area contributed by atoms with Crippen LogP contribution in [0.25, 0.3) is 0 Å². The highest BCUT2D eigenvalue weighted by Crippen LogP contribution is 2.31. The van der Waals surface area contributed by atoms with Crippen LogP contribution in [-0.2, 0) is 11.2 Å². The molecule has 0 bridgehead atoms. The Kier molecular flexibility index (Phi) is 7.42. The zero-order chi connectivity index (χ0) is 19.1. The maximum Gasteiger partial charge on any atom is 0.223 e. The van der Waals surface area contributed by atoms with Gasteiger partial charge < -0.3 is 14.4 Å².